The maximum absolute atomic E-state index is 8.70. The summed E-state index contributed by atoms with van der Waals surface area (Å²) in [7, 11) is 1.67. The standard InChI is InChI=1S/C12H19NO2/c1-9-7-11(13-5-4-6-14)12(15-3)8-10(9)2/h7-8,13-14H,4-6H2,1-3H3. The van der Waals surface area contributed by atoms with E-state index in [0.29, 0.717) is 0 Å². The van der Waals surface area contributed by atoms with E-state index in [-0.39, 0.29) is 6.61 Å². The second kappa shape index (κ2) is 5.61. The summed E-state index contributed by atoms with van der Waals surface area (Å²) in [5.41, 5.74) is 3.45. The monoisotopic (exact) mass is 209 g/mol. The summed E-state index contributed by atoms with van der Waals surface area (Å²) in [4.78, 5) is 0. The number of hydrogen-bond acceptors (Lipinski definition) is 3. The van der Waals surface area contributed by atoms with Crippen molar-refractivity contribution in [1.29, 1.82) is 0 Å². The lowest BCUT2D eigenvalue weighted by atomic mass is 10.1. The molecule has 1 rings (SSSR count). The summed E-state index contributed by atoms with van der Waals surface area (Å²) in [5.74, 6) is 0.857. The molecule has 2 N–H and O–H groups in total. The number of nitrogens with one attached hydrogen (secondary N) is 1. The summed E-state index contributed by atoms with van der Waals surface area (Å²) < 4.78 is 5.29. The summed E-state index contributed by atoms with van der Waals surface area (Å²) in [5, 5.41) is 11.9. The molecule has 0 aliphatic rings. The van der Waals surface area contributed by atoms with Crippen LogP contribution in [0.3, 0.4) is 0 Å². The SMILES string of the molecule is COc1cc(C)c(C)cc1NCCCO. The lowest BCUT2D eigenvalue weighted by Gasteiger charge is -2.13. The molecule has 0 unspecified atom stereocenters. The fourth-order valence-corrected chi connectivity index (χ4v) is 1.40. The van der Waals surface area contributed by atoms with Crippen LogP contribution in [-0.2, 0) is 0 Å². The third kappa shape index (κ3) is 3.13. The normalized spacial score (nSPS) is 10.1. The Labute approximate surface area is 91.1 Å². The molecule has 1 aromatic rings. The molecule has 0 aliphatic carbocycles. The quantitative estimate of drug-likeness (QED) is 0.730. The number of hydrogen-bond donors (Lipinski definition) is 2. The van der Waals surface area contributed by atoms with E-state index in [1.165, 1.54) is 11.1 Å². The van der Waals surface area contributed by atoms with Gasteiger partial charge in [-0.05, 0) is 43.5 Å². The predicted octanol–water partition coefficient (Wildman–Crippen LogP) is 2.11. The Morgan fingerprint density at radius 3 is 2.53 bits per heavy atom. The van der Waals surface area contributed by atoms with Gasteiger partial charge in [-0.2, -0.15) is 0 Å². The lowest BCUT2D eigenvalue weighted by molar-refractivity contribution is 0.292. The van der Waals surface area contributed by atoms with Gasteiger partial charge in [0, 0.05) is 13.2 Å². The largest absolute Gasteiger partial charge is 0.495 e. The van der Waals surface area contributed by atoms with Crippen molar-refractivity contribution in [3.05, 3.63) is 23.3 Å². The van der Waals surface area contributed by atoms with Crippen molar-refractivity contribution in [1.82, 2.24) is 0 Å². The van der Waals surface area contributed by atoms with E-state index in [1.54, 1.807) is 7.11 Å². The van der Waals surface area contributed by atoms with Gasteiger partial charge in [-0.1, -0.05) is 0 Å². The Morgan fingerprint density at radius 2 is 1.93 bits per heavy atom. The van der Waals surface area contributed by atoms with Crippen molar-refractivity contribution < 1.29 is 9.84 Å². The topological polar surface area (TPSA) is 41.5 Å². The number of methoxy groups -OCH3 is 1. The molecule has 0 saturated heterocycles. The van der Waals surface area contributed by atoms with Crippen LogP contribution in [0.5, 0.6) is 5.75 Å². The Balaban J connectivity index is 2.80. The first kappa shape index (κ1) is 11.9. The van der Waals surface area contributed by atoms with Gasteiger partial charge in [-0.25, -0.2) is 0 Å². The molecule has 0 aliphatic heterocycles. The maximum Gasteiger partial charge on any atom is 0.142 e. The van der Waals surface area contributed by atoms with Gasteiger partial charge in [-0.15, -0.1) is 0 Å². The molecule has 0 fully saturated rings. The highest BCUT2D eigenvalue weighted by atomic mass is 16.5. The summed E-state index contributed by atoms with van der Waals surface area (Å²) in [6.45, 7) is 5.11. The third-order valence-corrected chi connectivity index (χ3v) is 2.47. The molecule has 1 aromatic carbocycles. The van der Waals surface area contributed by atoms with Crippen LogP contribution in [0.2, 0.25) is 0 Å². The zero-order valence-corrected chi connectivity index (χ0v) is 9.63. The fraction of sp³-hybridized carbons (Fsp3) is 0.500. The van der Waals surface area contributed by atoms with Gasteiger partial charge in [-0.3, -0.25) is 0 Å². The molecule has 84 valence electrons. The number of aryl methyl sites for hydroxylation is 2. The number of benzene rings is 1. The molecule has 0 bridgehead atoms. The average molecular weight is 209 g/mol. The van der Waals surface area contributed by atoms with Crippen molar-refractivity contribution in [2.24, 2.45) is 0 Å². The van der Waals surface area contributed by atoms with Crippen LogP contribution in [0.4, 0.5) is 5.69 Å². The van der Waals surface area contributed by atoms with Crippen molar-refractivity contribution in [3.8, 4) is 5.75 Å². The van der Waals surface area contributed by atoms with Gasteiger partial charge in [0.25, 0.3) is 0 Å². The molecule has 0 aromatic heterocycles. The van der Waals surface area contributed by atoms with Crippen LogP contribution in [-0.4, -0.2) is 25.4 Å². The first-order chi connectivity index (χ1) is 7.19. The van der Waals surface area contributed by atoms with Gasteiger partial charge in [0.1, 0.15) is 5.75 Å². The minimum Gasteiger partial charge on any atom is -0.495 e. The molecule has 3 heteroatoms. The van der Waals surface area contributed by atoms with Crippen LogP contribution < -0.4 is 10.1 Å². The zero-order chi connectivity index (χ0) is 11.3. The highest BCUT2D eigenvalue weighted by Gasteiger charge is 2.04. The Bertz CT molecular complexity index is 324. The second-order valence-corrected chi connectivity index (χ2v) is 3.64. The molecule has 0 saturated carbocycles. The predicted molar refractivity (Wildman–Crippen MR) is 62.7 cm³/mol. The van der Waals surface area contributed by atoms with Gasteiger partial charge in [0.15, 0.2) is 0 Å². The number of aliphatic hydroxyl groups is 1. The van der Waals surface area contributed by atoms with Crippen LogP contribution in [0.15, 0.2) is 12.1 Å². The Kier molecular flexibility index (Phi) is 4.43. The molecule has 0 amide bonds. The fourth-order valence-electron chi connectivity index (χ4n) is 1.40. The van der Waals surface area contributed by atoms with E-state index >= 15 is 0 Å². The third-order valence-electron chi connectivity index (χ3n) is 2.47. The minimum atomic E-state index is 0.208. The van der Waals surface area contributed by atoms with Crippen molar-refractivity contribution in [3.63, 3.8) is 0 Å². The van der Waals surface area contributed by atoms with E-state index < -0.39 is 0 Å². The van der Waals surface area contributed by atoms with E-state index in [4.69, 9.17) is 9.84 Å². The van der Waals surface area contributed by atoms with Crippen LogP contribution >= 0.6 is 0 Å². The smallest absolute Gasteiger partial charge is 0.142 e. The van der Waals surface area contributed by atoms with E-state index in [9.17, 15) is 0 Å². The zero-order valence-electron chi connectivity index (χ0n) is 9.63. The highest BCUT2D eigenvalue weighted by molar-refractivity contribution is 5.59. The van der Waals surface area contributed by atoms with Gasteiger partial charge in [0.05, 0.1) is 12.8 Å². The van der Waals surface area contributed by atoms with Crippen molar-refractivity contribution in [2.45, 2.75) is 20.3 Å². The summed E-state index contributed by atoms with van der Waals surface area (Å²) >= 11 is 0. The average Bonchev–Trinajstić information content (AvgIpc) is 2.23. The summed E-state index contributed by atoms with van der Waals surface area (Å²) in [6.07, 6.45) is 0.746. The van der Waals surface area contributed by atoms with Gasteiger partial charge < -0.3 is 15.2 Å². The van der Waals surface area contributed by atoms with Crippen LogP contribution in [0, 0.1) is 13.8 Å². The van der Waals surface area contributed by atoms with E-state index in [0.717, 1.165) is 24.4 Å². The highest BCUT2D eigenvalue weighted by Crippen LogP contribution is 2.27. The molecule has 15 heavy (non-hydrogen) atoms. The molecule has 0 radical (unpaired) electrons. The lowest BCUT2D eigenvalue weighted by Crippen LogP contribution is -2.05. The molecule has 0 heterocycles. The molecule has 0 atom stereocenters. The Morgan fingerprint density at radius 1 is 1.27 bits per heavy atom. The Hall–Kier alpha value is -1.22. The van der Waals surface area contributed by atoms with E-state index in [2.05, 4.69) is 25.2 Å². The van der Waals surface area contributed by atoms with Gasteiger partial charge in [0.2, 0.25) is 0 Å². The first-order valence-corrected chi connectivity index (χ1v) is 5.19. The first-order valence-electron chi connectivity index (χ1n) is 5.19. The van der Waals surface area contributed by atoms with Crippen LogP contribution in [0.1, 0.15) is 17.5 Å². The van der Waals surface area contributed by atoms with Crippen molar-refractivity contribution in [2.75, 3.05) is 25.6 Å². The van der Waals surface area contributed by atoms with Crippen LogP contribution in [0.25, 0.3) is 0 Å². The van der Waals surface area contributed by atoms with Gasteiger partial charge >= 0.3 is 0 Å². The number of aliphatic hydroxyl groups excluding tert-OH is 1. The van der Waals surface area contributed by atoms with E-state index in [1.807, 2.05) is 6.07 Å². The minimum absolute atomic E-state index is 0.208. The maximum atomic E-state index is 8.70. The van der Waals surface area contributed by atoms with Crippen molar-refractivity contribution >= 4 is 5.69 Å². The number of anilines is 1. The molecular formula is C12H19NO2. The number of rotatable bonds is 5. The number of ether oxygens (including phenoxy) is 1. The second-order valence-electron chi connectivity index (χ2n) is 3.64. The molecular weight excluding hydrogens is 190 g/mol. The molecule has 3 nitrogen and oxygen atoms in total. The summed E-state index contributed by atoms with van der Waals surface area (Å²) in [6, 6.07) is 4.10. The molecule has 0 spiro atoms.